The number of aromatic nitrogens is 1. The van der Waals surface area contributed by atoms with Crippen molar-refractivity contribution in [1.29, 1.82) is 0 Å². The van der Waals surface area contributed by atoms with Gasteiger partial charge in [-0.15, -0.1) is 0 Å². The maximum Gasteiger partial charge on any atom is 0.305 e. The van der Waals surface area contributed by atoms with E-state index >= 15 is 0 Å². The number of nitrogens with one attached hydrogen (secondary N) is 2. The molecule has 7 nitrogen and oxygen atoms in total. The summed E-state index contributed by atoms with van der Waals surface area (Å²) in [6, 6.07) is 0. The number of carbonyl (C=O) groups is 1. The number of ether oxygens (including phenoxy) is 1. The van der Waals surface area contributed by atoms with E-state index in [9.17, 15) is 18.0 Å². The minimum absolute atomic E-state index is 0.0251. The van der Waals surface area contributed by atoms with Gasteiger partial charge < -0.3 is 9.72 Å². The lowest BCUT2D eigenvalue weighted by atomic mass is 10.2. The number of aryl methyl sites for hydroxylation is 1. The largest absolute Gasteiger partial charge is 0.469 e. The Bertz CT molecular complexity index is 603. The molecule has 9 heteroatoms. The summed E-state index contributed by atoms with van der Waals surface area (Å²) in [6.07, 6.45) is 2.33. The van der Waals surface area contributed by atoms with Gasteiger partial charge in [0.15, 0.2) is 4.21 Å². The average Bonchev–Trinajstić information content (AvgIpc) is 2.73. The molecule has 1 rings (SSSR count). The number of aromatic amines is 1. The smallest absolute Gasteiger partial charge is 0.305 e. The van der Waals surface area contributed by atoms with Gasteiger partial charge in [-0.2, -0.15) is 0 Å². The molecule has 0 bridgehead atoms. The van der Waals surface area contributed by atoms with E-state index in [1.165, 1.54) is 7.11 Å². The fraction of sp³-hybridized carbons (Fsp3) is 0.636. The van der Waals surface area contributed by atoms with E-state index < -0.39 is 10.0 Å². The summed E-state index contributed by atoms with van der Waals surface area (Å²) >= 11 is 0.674. The molecule has 1 heterocycles. The van der Waals surface area contributed by atoms with Crippen molar-refractivity contribution in [3.8, 4) is 0 Å². The van der Waals surface area contributed by atoms with Crippen LogP contribution in [0.25, 0.3) is 0 Å². The van der Waals surface area contributed by atoms with E-state index in [0.29, 0.717) is 36.3 Å². The number of hydrogen-bond acceptors (Lipinski definition) is 6. The first kappa shape index (κ1) is 16.9. The summed E-state index contributed by atoms with van der Waals surface area (Å²) in [5.74, 6) is -0.265. The number of thiazole rings is 1. The Kier molecular flexibility index (Phi) is 6.37. The number of carbonyl (C=O) groups excluding carboxylic acids is 1. The number of methoxy groups -OCH3 is 1. The van der Waals surface area contributed by atoms with Crippen molar-refractivity contribution in [1.82, 2.24) is 9.71 Å². The Balaban J connectivity index is 2.36. The monoisotopic (exact) mass is 322 g/mol. The first-order chi connectivity index (χ1) is 9.36. The second-order valence-corrected chi connectivity index (χ2v) is 7.16. The van der Waals surface area contributed by atoms with Crippen LogP contribution in [0, 0.1) is 6.92 Å². The molecular formula is C11H18N2O5S2. The Morgan fingerprint density at radius 3 is 2.60 bits per heavy atom. The fourth-order valence-corrected chi connectivity index (χ4v) is 4.01. The lowest BCUT2D eigenvalue weighted by molar-refractivity contribution is -0.140. The van der Waals surface area contributed by atoms with E-state index in [1.807, 2.05) is 0 Å². The molecule has 0 spiro atoms. The molecule has 0 unspecified atom stereocenters. The number of sulfonamides is 1. The fourth-order valence-electron chi connectivity index (χ4n) is 1.59. The normalized spacial score (nSPS) is 11.5. The zero-order chi connectivity index (χ0) is 15.2. The number of unbranched alkanes of at least 4 members (excludes halogenated alkanes) is 2. The van der Waals surface area contributed by atoms with Gasteiger partial charge in [-0.3, -0.25) is 9.59 Å². The van der Waals surface area contributed by atoms with E-state index in [-0.39, 0.29) is 21.6 Å². The highest BCUT2D eigenvalue weighted by Gasteiger charge is 2.19. The summed E-state index contributed by atoms with van der Waals surface area (Å²) in [4.78, 5) is 24.0. The van der Waals surface area contributed by atoms with Crippen molar-refractivity contribution in [3.63, 3.8) is 0 Å². The SMILES string of the molecule is COC(=O)CCCCCNS(=O)(=O)c1sc(=O)[nH]c1C. The highest BCUT2D eigenvalue weighted by Crippen LogP contribution is 2.15. The Morgan fingerprint density at radius 1 is 1.35 bits per heavy atom. The van der Waals surface area contributed by atoms with Crippen LogP contribution in [0.4, 0.5) is 0 Å². The predicted molar refractivity (Wildman–Crippen MR) is 75.3 cm³/mol. The van der Waals surface area contributed by atoms with Crippen molar-refractivity contribution < 1.29 is 17.9 Å². The third-order valence-corrected chi connectivity index (χ3v) is 5.67. The van der Waals surface area contributed by atoms with Crippen molar-refractivity contribution in [2.75, 3.05) is 13.7 Å². The molecule has 0 fully saturated rings. The Morgan fingerprint density at radius 2 is 2.05 bits per heavy atom. The van der Waals surface area contributed by atoms with Gasteiger partial charge in [0.2, 0.25) is 0 Å². The van der Waals surface area contributed by atoms with Gasteiger partial charge in [0, 0.05) is 18.7 Å². The molecule has 2 N–H and O–H groups in total. The van der Waals surface area contributed by atoms with Crippen LogP contribution in [0.1, 0.15) is 31.4 Å². The second-order valence-electron chi connectivity index (χ2n) is 4.21. The number of hydrogen-bond donors (Lipinski definition) is 2. The first-order valence-corrected chi connectivity index (χ1v) is 8.43. The van der Waals surface area contributed by atoms with Crippen LogP contribution >= 0.6 is 11.3 Å². The molecule has 0 radical (unpaired) electrons. The Labute approximate surface area is 121 Å². The topological polar surface area (TPSA) is 105 Å². The molecule has 1 aromatic heterocycles. The van der Waals surface area contributed by atoms with Gasteiger partial charge in [0.1, 0.15) is 0 Å². The van der Waals surface area contributed by atoms with Gasteiger partial charge in [-0.05, 0) is 19.8 Å². The maximum absolute atomic E-state index is 11.9. The summed E-state index contributed by atoms with van der Waals surface area (Å²) in [6.45, 7) is 1.82. The third kappa shape index (κ3) is 5.06. The van der Waals surface area contributed by atoms with E-state index in [2.05, 4.69) is 14.4 Å². The molecule has 114 valence electrons. The van der Waals surface area contributed by atoms with Crippen LogP contribution in [0.15, 0.2) is 9.00 Å². The minimum atomic E-state index is -3.63. The predicted octanol–water partition coefficient (Wildman–Crippen LogP) is 0.757. The van der Waals surface area contributed by atoms with Crippen LogP contribution in [0.2, 0.25) is 0 Å². The van der Waals surface area contributed by atoms with Gasteiger partial charge in [-0.1, -0.05) is 17.8 Å². The molecular weight excluding hydrogens is 304 g/mol. The second kappa shape index (κ2) is 7.55. The summed E-state index contributed by atoms with van der Waals surface area (Å²) in [5.41, 5.74) is 0.346. The molecule has 20 heavy (non-hydrogen) atoms. The highest BCUT2D eigenvalue weighted by atomic mass is 32.2. The van der Waals surface area contributed by atoms with Gasteiger partial charge in [-0.25, -0.2) is 13.1 Å². The number of H-pyrrole nitrogens is 1. The first-order valence-electron chi connectivity index (χ1n) is 6.13. The highest BCUT2D eigenvalue weighted by molar-refractivity contribution is 7.91. The molecule has 0 saturated heterocycles. The zero-order valence-electron chi connectivity index (χ0n) is 11.4. The molecule has 0 saturated carbocycles. The van der Waals surface area contributed by atoms with Gasteiger partial charge in [0.05, 0.1) is 7.11 Å². The van der Waals surface area contributed by atoms with Crippen molar-refractivity contribution >= 4 is 27.3 Å². The number of esters is 1. The minimum Gasteiger partial charge on any atom is -0.469 e. The average molecular weight is 322 g/mol. The molecule has 0 atom stereocenters. The lowest BCUT2D eigenvalue weighted by Crippen LogP contribution is -2.24. The Hall–Kier alpha value is -1.19. The molecule has 0 aliphatic heterocycles. The van der Waals surface area contributed by atoms with Crippen molar-refractivity contribution in [3.05, 3.63) is 15.4 Å². The quantitative estimate of drug-likeness (QED) is 0.543. The van der Waals surface area contributed by atoms with Crippen LogP contribution in [0.5, 0.6) is 0 Å². The molecule has 0 aliphatic rings. The van der Waals surface area contributed by atoms with Crippen LogP contribution < -0.4 is 9.60 Å². The van der Waals surface area contributed by atoms with Gasteiger partial charge in [0.25, 0.3) is 10.0 Å². The third-order valence-electron chi connectivity index (χ3n) is 2.60. The van der Waals surface area contributed by atoms with Crippen molar-refractivity contribution in [2.24, 2.45) is 0 Å². The van der Waals surface area contributed by atoms with E-state index in [0.717, 1.165) is 6.42 Å². The van der Waals surface area contributed by atoms with Crippen LogP contribution in [0.3, 0.4) is 0 Å². The number of rotatable bonds is 8. The molecule has 1 aromatic rings. The van der Waals surface area contributed by atoms with Crippen LogP contribution in [-0.4, -0.2) is 33.0 Å². The maximum atomic E-state index is 11.9. The zero-order valence-corrected chi connectivity index (χ0v) is 13.0. The standard InChI is InChI=1S/C11H18N2O5S2/c1-8-10(19-11(15)13-8)20(16,17)12-7-5-3-4-6-9(14)18-2/h12H,3-7H2,1-2H3,(H,13,15). The van der Waals surface area contributed by atoms with Gasteiger partial charge >= 0.3 is 10.8 Å². The summed E-state index contributed by atoms with van der Waals surface area (Å²) in [5, 5.41) is 0. The molecule has 0 amide bonds. The lowest BCUT2D eigenvalue weighted by Gasteiger charge is -2.05. The summed E-state index contributed by atoms with van der Waals surface area (Å²) < 4.78 is 30.8. The van der Waals surface area contributed by atoms with Crippen LogP contribution in [-0.2, 0) is 19.6 Å². The van der Waals surface area contributed by atoms with E-state index in [4.69, 9.17) is 0 Å². The summed E-state index contributed by atoms with van der Waals surface area (Å²) in [7, 11) is -2.30. The van der Waals surface area contributed by atoms with Crippen molar-refractivity contribution in [2.45, 2.75) is 36.8 Å². The van der Waals surface area contributed by atoms with E-state index in [1.54, 1.807) is 6.92 Å². The molecule has 0 aromatic carbocycles. The molecule has 0 aliphatic carbocycles.